The SMILES string of the molecule is C=C(C)NCNC[C@@H](C)OC(C)(C)C. The summed E-state index contributed by atoms with van der Waals surface area (Å²) in [6, 6.07) is 0. The lowest BCUT2D eigenvalue weighted by Gasteiger charge is -2.25. The predicted octanol–water partition coefficient (Wildman–Crippen LogP) is 1.86. The molecule has 0 radical (unpaired) electrons. The maximum atomic E-state index is 5.73. The highest BCUT2D eigenvalue weighted by Crippen LogP contribution is 2.09. The Morgan fingerprint density at radius 2 is 2.00 bits per heavy atom. The van der Waals surface area contributed by atoms with Crippen LogP contribution in [0.25, 0.3) is 0 Å². The maximum Gasteiger partial charge on any atom is 0.0679 e. The van der Waals surface area contributed by atoms with Crippen molar-refractivity contribution in [1.82, 2.24) is 10.6 Å². The highest BCUT2D eigenvalue weighted by molar-refractivity contribution is 4.83. The molecule has 0 bridgehead atoms. The summed E-state index contributed by atoms with van der Waals surface area (Å²) in [5.41, 5.74) is 0.907. The molecule has 1 atom stereocenters. The molecule has 0 fully saturated rings. The molecule has 0 aliphatic rings. The predicted molar refractivity (Wildman–Crippen MR) is 61.1 cm³/mol. The molecule has 0 saturated carbocycles. The van der Waals surface area contributed by atoms with Crippen LogP contribution in [0.5, 0.6) is 0 Å². The van der Waals surface area contributed by atoms with Gasteiger partial charge in [-0.15, -0.1) is 0 Å². The van der Waals surface area contributed by atoms with Gasteiger partial charge in [-0.3, -0.25) is 5.32 Å². The zero-order valence-electron chi connectivity index (χ0n) is 10.1. The molecule has 84 valence electrons. The van der Waals surface area contributed by atoms with Gasteiger partial charge in [0.25, 0.3) is 0 Å². The summed E-state index contributed by atoms with van der Waals surface area (Å²) < 4.78 is 5.73. The fourth-order valence-corrected chi connectivity index (χ4v) is 1.13. The topological polar surface area (TPSA) is 33.3 Å². The van der Waals surface area contributed by atoms with Gasteiger partial charge in [0.05, 0.1) is 18.4 Å². The maximum absolute atomic E-state index is 5.73. The molecule has 3 heteroatoms. The lowest BCUT2D eigenvalue weighted by atomic mass is 10.2. The molecule has 0 aromatic heterocycles. The van der Waals surface area contributed by atoms with Crippen LogP contribution < -0.4 is 10.6 Å². The average molecular weight is 200 g/mol. The van der Waals surface area contributed by atoms with Crippen molar-refractivity contribution in [2.75, 3.05) is 13.2 Å². The van der Waals surface area contributed by atoms with Gasteiger partial charge >= 0.3 is 0 Å². The van der Waals surface area contributed by atoms with Crippen LogP contribution in [0.1, 0.15) is 34.6 Å². The lowest BCUT2D eigenvalue weighted by Crippen LogP contribution is -2.37. The quantitative estimate of drug-likeness (QED) is 0.507. The summed E-state index contributed by atoms with van der Waals surface area (Å²) in [4.78, 5) is 0. The number of ether oxygens (including phenoxy) is 1. The number of nitrogens with one attached hydrogen (secondary N) is 2. The van der Waals surface area contributed by atoms with E-state index in [-0.39, 0.29) is 11.7 Å². The van der Waals surface area contributed by atoms with Crippen molar-refractivity contribution >= 4 is 0 Å². The van der Waals surface area contributed by atoms with Crippen LogP contribution >= 0.6 is 0 Å². The van der Waals surface area contributed by atoms with Gasteiger partial charge in [-0.25, -0.2) is 0 Å². The van der Waals surface area contributed by atoms with E-state index in [1.165, 1.54) is 0 Å². The second-order valence-electron chi connectivity index (χ2n) is 4.63. The monoisotopic (exact) mass is 200 g/mol. The van der Waals surface area contributed by atoms with Gasteiger partial charge in [0.2, 0.25) is 0 Å². The Morgan fingerprint density at radius 3 is 2.43 bits per heavy atom. The zero-order valence-corrected chi connectivity index (χ0v) is 10.1. The second kappa shape index (κ2) is 6.04. The van der Waals surface area contributed by atoms with E-state index < -0.39 is 0 Å². The number of hydrogen-bond donors (Lipinski definition) is 2. The van der Waals surface area contributed by atoms with Gasteiger partial charge in [0.15, 0.2) is 0 Å². The standard InChI is InChI=1S/C11H24N2O/c1-9(2)13-8-12-7-10(3)14-11(4,5)6/h10,12-13H,1,7-8H2,2-6H3/t10-/m1/s1. The second-order valence-corrected chi connectivity index (χ2v) is 4.63. The van der Waals surface area contributed by atoms with Crippen molar-refractivity contribution in [3.63, 3.8) is 0 Å². The molecule has 0 amide bonds. The molecule has 0 heterocycles. The first-order valence-corrected chi connectivity index (χ1v) is 5.09. The Hall–Kier alpha value is -0.540. The molecule has 0 aliphatic carbocycles. The molecule has 14 heavy (non-hydrogen) atoms. The summed E-state index contributed by atoms with van der Waals surface area (Å²) in [6.07, 6.45) is 0.224. The van der Waals surface area contributed by atoms with Gasteiger partial charge < -0.3 is 10.1 Å². The van der Waals surface area contributed by atoms with Gasteiger partial charge in [-0.2, -0.15) is 0 Å². The van der Waals surface area contributed by atoms with E-state index >= 15 is 0 Å². The van der Waals surface area contributed by atoms with Gasteiger partial charge in [0.1, 0.15) is 0 Å². The fourth-order valence-electron chi connectivity index (χ4n) is 1.13. The van der Waals surface area contributed by atoms with E-state index in [9.17, 15) is 0 Å². The first-order valence-electron chi connectivity index (χ1n) is 5.09. The Labute approximate surface area is 87.9 Å². The largest absolute Gasteiger partial charge is 0.377 e. The average Bonchev–Trinajstić information content (AvgIpc) is 1.94. The van der Waals surface area contributed by atoms with Crippen LogP contribution in [0.15, 0.2) is 12.3 Å². The summed E-state index contributed by atoms with van der Waals surface area (Å²) in [6.45, 7) is 15.5. The van der Waals surface area contributed by atoms with Crippen LogP contribution in [0.4, 0.5) is 0 Å². The molecule has 0 unspecified atom stereocenters. The van der Waals surface area contributed by atoms with Crippen molar-refractivity contribution in [2.45, 2.75) is 46.3 Å². The van der Waals surface area contributed by atoms with E-state index in [0.717, 1.165) is 18.9 Å². The Balaban J connectivity index is 3.45. The third kappa shape index (κ3) is 9.55. The fraction of sp³-hybridized carbons (Fsp3) is 0.818. The molecule has 0 aliphatic heterocycles. The Morgan fingerprint density at radius 1 is 1.43 bits per heavy atom. The van der Waals surface area contributed by atoms with Crippen LogP contribution in [-0.2, 0) is 4.74 Å². The van der Waals surface area contributed by atoms with Crippen molar-refractivity contribution in [2.24, 2.45) is 0 Å². The number of hydrogen-bond acceptors (Lipinski definition) is 3. The molecular formula is C11H24N2O. The minimum Gasteiger partial charge on any atom is -0.377 e. The number of rotatable bonds is 6. The molecule has 2 N–H and O–H groups in total. The van der Waals surface area contributed by atoms with E-state index in [2.05, 4.69) is 44.9 Å². The number of allylic oxidation sites excluding steroid dienone is 1. The van der Waals surface area contributed by atoms with Crippen LogP contribution in [0.2, 0.25) is 0 Å². The van der Waals surface area contributed by atoms with Crippen molar-refractivity contribution in [3.05, 3.63) is 12.3 Å². The summed E-state index contributed by atoms with van der Waals surface area (Å²) in [5.74, 6) is 0. The molecular weight excluding hydrogens is 176 g/mol. The highest BCUT2D eigenvalue weighted by atomic mass is 16.5. The van der Waals surface area contributed by atoms with E-state index in [4.69, 9.17) is 4.74 Å². The highest BCUT2D eigenvalue weighted by Gasteiger charge is 2.14. The molecule has 0 rings (SSSR count). The Kier molecular flexibility index (Phi) is 5.81. The summed E-state index contributed by atoms with van der Waals surface area (Å²) >= 11 is 0. The first kappa shape index (κ1) is 13.5. The smallest absolute Gasteiger partial charge is 0.0679 e. The van der Waals surface area contributed by atoms with Crippen molar-refractivity contribution in [1.29, 1.82) is 0 Å². The minimum absolute atomic E-state index is 0.0666. The van der Waals surface area contributed by atoms with Crippen LogP contribution in [0.3, 0.4) is 0 Å². The summed E-state index contributed by atoms with van der Waals surface area (Å²) in [7, 11) is 0. The molecule has 3 nitrogen and oxygen atoms in total. The normalized spacial score (nSPS) is 13.8. The Bertz CT molecular complexity index is 173. The van der Waals surface area contributed by atoms with Crippen LogP contribution in [0, 0.1) is 0 Å². The first-order chi connectivity index (χ1) is 6.31. The third-order valence-corrected chi connectivity index (χ3v) is 1.50. The van der Waals surface area contributed by atoms with Crippen molar-refractivity contribution < 1.29 is 4.74 Å². The summed E-state index contributed by atoms with van der Waals surface area (Å²) in [5, 5.41) is 6.34. The molecule has 0 aromatic carbocycles. The zero-order chi connectivity index (χ0) is 11.2. The van der Waals surface area contributed by atoms with Gasteiger partial charge in [-0.05, 0) is 34.6 Å². The lowest BCUT2D eigenvalue weighted by molar-refractivity contribution is -0.0498. The van der Waals surface area contributed by atoms with Crippen molar-refractivity contribution in [3.8, 4) is 0 Å². The van der Waals surface area contributed by atoms with Gasteiger partial charge in [-0.1, -0.05) is 6.58 Å². The van der Waals surface area contributed by atoms with Crippen LogP contribution in [-0.4, -0.2) is 24.9 Å². The van der Waals surface area contributed by atoms with E-state index in [0.29, 0.717) is 0 Å². The molecule has 0 aromatic rings. The van der Waals surface area contributed by atoms with Gasteiger partial charge in [0, 0.05) is 12.2 Å². The van der Waals surface area contributed by atoms with E-state index in [1.807, 2.05) is 6.92 Å². The molecule has 0 saturated heterocycles. The van der Waals surface area contributed by atoms with E-state index in [1.54, 1.807) is 0 Å². The third-order valence-electron chi connectivity index (χ3n) is 1.50. The minimum atomic E-state index is -0.0666. The molecule has 0 spiro atoms.